The number of nitrogens with zero attached hydrogens (tertiary/aromatic N) is 1. The molecule has 0 amide bonds. The second kappa shape index (κ2) is 5.54. The van der Waals surface area contributed by atoms with Crippen LogP contribution in [0.3, 0.4) is 0 Å². The van der Waals surface area contributed by atoms with Crippen LogP contribution in [0.4, 0.5) is 10.1 Å². The van der Waals surface area contributed by atoms with E-state index >= 15 is 0 Å². The van der Waals surface area contributed by atoms with Gasteiger partial charge in [-0.2, -0.15) is 16.1 Å². The Balaban J connectivity index is 2.33. The largest absolute Gasteiger partial charge is 0.395 e. The van der Waals surface area contributed by atoms with Crippen LogP contribution in [-0.2, 0) is 10.0 Å². The van der Waals surface area contributed by atoms with Crippen molar-refractivity contribution in [3.63, 3.8) is 0 Å². The van der Waals surface area contributed by atoms with E-state index in [0.29, 0.717) is 13.1 Å². The number of rotatable bonds is 2. The Morgan fingerprint density at radius 3 is 2.75 bits per heavy atom. The van der Waals surface area contributed by atoms with Crippen LogP contribution in [0.15, 0.2) is 23.1 Å². The minimum absolute atomic E-state index is 0.0533. The highest BCUT2D eigenvalue weighted by Gasteiger charge is 2.32. The van der Waals surface area contributed by atoms with E-state index in [1.165, 1.54) is 16.4 Å². The number of thioether (sulfide) groups is 1. The van der Waals surface area contributed by atoms with Crippen molar-refractivity contribution in [2.45, 2.75) is 29.9 Å². The molecular weight excluding hydrogens is 299 g/mol. The van der Waals surface area contributed by atoms with Gasteiger partial charge in [-0.25, -0.2) is 12.8 Å². The van der Waals surface area contributed by atoms with Crippen LogP contribution in [0, 0.1) is 5.82 Å². The van der Waals surface area contributed by atoms with Crippen molar-refractivity contribution in [2.24, 2.45) is 0 Å². The van der Waals surface area contributed by atoms with Crippen LogP contribution in [0.5, 0.6) is 0 Å². The lowest BCUT2D eigenvalue weighted by Crippen LogP contribution is -2.34. The van der Waals surface area contributed by atoms with Gasteiger partial charge in [0.2, 0.25) is 10.0 Å². The number of nitrogens with two attached hydrogens (primary N) is 1. The number of halogens is 1. The second-order valence-electron chi connectivity index (χ2n) is 5.41. The highest BCUT2D eigenvalue weighted by atomic mass is 32.2. The SMILES string of the molecule is CC1(C)CCN(S(=O)(=O)c2cccc(F)c2N)CCS1. The van der Waals surface area contributed by atoms with Gasteiger partial charge < -0.3 is 5.73 Å². The summed E-state index contributed by atoms with van der Waals surface area (Å²) in [6.07, 6.45) is 0.756. The number of hydrogen-bond donors (Lipinski definition) is 1. The fourth-order valence-corrected chi connectivity index (χ4v) is 4.91. The first-order valence-corrected chi connectivity index (χ1v) is 8.85. The smallest absolute Gasteiger partial charge is 0.245 e. The van der Waals surface area contributed by atoms with Gasteiger partial charge >= 0.3 is 0 Å². The van der Waals surface area contributed by atoms with Gasteiger partial charge in [-0.15, -0.1) is 0 Å². The lowest BCUT2D eigenvalue weighted by molar-refractivity contribution is 0.415. The summed E-state index contributed by atoms with van der Waals surface area (Å²) in [5.74, 6) is 0.0251. The third kappa shape index (κ3) is 3.10. The Morgan fingerprint density at radius 1 is 1.35 bits per heavy atom. The molecule has 0 saturated carbocycles. The molecule has 4 nitrogen and oxygen atoms in total. The molecule has 1 aliphatic rings. The van der Waals surface area contributed by atoms with Crippen molar-refractivity contribution in [2.75, 3.05) is 24.6 Å². The molecule has 20 heavy (non-hydrogen) atoms. The van der Waals surface area contributed by atoms with Gasteiger partial charge in [0.1, 0.15) is 10.7 Å². The van der Waals surface area contributed by atoms with Gasteiger partial charge in [0, 0.05) is 23.6 Å². The zero-order valence-electron chi connectivity index (χ0n) is 11.6. The predicted octanol–water partition coefficient (Wildman–Crippen LogP) is 2.31. The van der Waals surface area contributed by atoms with E-state index in [0.717, 1.165) is 18.2 Å². The Bertz CT molecular complexity index is 602. The first kappa shape index (κ1) is 15.6. The molecule has 0 aromatic heterocycles. The molecule has 1 aliphatic heterocycles. The van der Waals surface area contributed by atoms with Crippen LogP contribution in [-0.4, -0.2) is 36.3 Å². The lowest BCUT2D eigenvalue weighted by atomic mass is 10.1. The normalized spacial score (nSPS) is 20.6. The Kier molecular flexibility index (Phi) is 4.32. The second-order valence-corrected chi connectivity index (χ2v) is 9.12. The zero-order chi connectivity index (χ0) is 15.0. The summed E-state index contributed by atoms with van der Waals surface area (Å²) in [7, 11) is -3.73. The molecule has 0 spiro atoms. The van der Waals surface area contributed by atoms with Gasteiger partial charge in [0.15, 0.2) is 0 Å². The molecule has 7 heteroatoms. The highest BCUT2D eigenvalue weighted by Crippen LogP contribution is 2.33. The molecule has 2 rings (SSSR count). The fraction of sp³-hybridized carbons (Fsp3) is 0.538. The summed E-state index contributed by atoms with van der Waals surface area (Å²) in [4.78, 5) is -0.137. The van der Waals surface area contributed by atoms with Crippen LogP contribution in [0.25, 0.3) is 0 Å². The third-order valence-electron chi connectivity index (χ3n) is 3.43. The van der Waals surface area contributed by atoms with E-state index in [2.05, 4.69) is 13.8 Å². The van der Waals surface area contributed by atoms with Gasteiger partial charge in [-0.05, 0) is 18.6 Å². The molecule has 1 heterocycles. The van der Waals surface area contributed by atoms with Gasteiger partial charge in [0.25, 0.3) is 0 Å². The molecule has 1 fully saturated rings. The van der Waals surface area contributed by atoms with Crippen molar-refractivity contribution in [1.82, 2.24) is 4.31 Å². The van der Waals surface area contributed by atoms with E-state index < -0.39 is 15.8 Å². The monoisotopic (exact) mass is 318 g/mol. The van der Waals surface area contributed by atoms with Crippen LogP contribution < -0.4 is 5.73 Å². The van der Waals surface area contributed by atoms with E-state index in [1.54, 1.807) is 11.8 Å². The summed E-state index contributed by atoms with van der Waals surface area (Å²) in [5.41, 5.74) is 5.28. The first-order chi connectivity index (χ1) is 9.24. The molecular formula is C13H19FN2O2S2. The standard InChI is InChI=1S/C13H19FN2O2S2/c1-13(2)6-7-16(8-9-19-13)20(17,18)11-5-3-4-10(14)12(11)15/h3-5H,6-9,15H2,1-2H3. The minimum atomic E-state index is -3.73. The van der Waals surface area contributed by atoms with Crippen LogP contribution in [0.2, 0.25) is 0 Å². The van der Waals surface area contributed by atoms with E-state index in [1.807, 2.05) is 0 Å². The molecule has 112 valence electrons. The number of para-hydroxylation sites is 1. The van der Waals surface area contributed by atoms with E-state index in [9.17, 15) is 12.8 Å². The van der Waals surface area contributed by atoms with Gasteiger partial charge in [-0.1, -0.05) is 19.9 Å². The molecule has 0 atom stereocenters. The third-order valence-corrected chi connectivity index (χ3v) is 6.76. The maximum Gasteiger partial charge on any atom is 0.245 e. The van der Waals surface area contributed by atoms with Crippen molar-refractivity contribution in [1.29, 1.82) is 0 Å². The van der Waals surface area contributed by atoms with Gasteiger partial charge in [0.05, 0.1) is 5.69 Å². The van der Waals surface area contributed by atoms with E-state index in [-0.39, 0.29) is 15.3 Å². The molecule has 0 aliphatic carbocycles. The van der Waals surface area contributed by atoms with Crippen LogP contribution >= 0.6 is 11.8 Å². The van der Waals surface area contributed by atoms with Crippen LogP contribution in [0.1, 0.15) is 20.3 Å². The van der Waals surface area contributed by atoms with Crippen molar-refractivity contribution < 1.29 is 12.8 Å². The Labute approximate surface area is 123 Å². The number of sulfonamides is 1. The average molecular weight is 318 g/mol. The Hall–Kier alpha value is -0.790. The van der Waals surface area contributed by atoms with Gasteiger partial charge in [-0.3, -0.25) is 0 Å². The summed E-state index contributed by atoms with van der Waals surface area (Å²) in [5, 5.41) is 0. The molecule has 1 saturated heterocycles. The fourth-order valence-electron chi connectivity index (χ4n) is 2.12. The van der Waals surface area contributed by atoms with Crippen molar-refractivity contribution in [3.8, 4) is 0 Å². The molecule has 0 bridgehead atoms. The Morgan fingerprint density at radius 2 is 2.05 bits per heavy atom. The molecule has 1 aromatic rings. The average Bonchev–Trinajstić information content (AvgIpc) is 2.54. The number of hydrogen-bond acceptors (Lipinski definition) is 4. The van der Waals surface area contributed by atoms with Crippen molar-refractivity contribution >= 4 is 27.5 Å². The lowest BCUT2D eigenvalue weighted by Gasteiger charge is -2.23. The topological polar surface area (TPSA) is 63.4 Å². The summed E-state index contributed by atoms with van der Waals surface area (Å²) in [6, 6.07) is 3.89. The number of anilines is 1. The maximum atomic E-state index is 13.5. The molecule has 1 aromatic carbocycles. The van der Waals surface area contributed by atoms with E-state index in [4.69, 9.17) is 5.73 Å². The quantitative estimate of drug-likeness (QED) is 0.850. The zero-order valence-corrected chi connectivity index (χ0v) is 13.2. The summed E-state index contributed by atoms with van der Waals surface area (Å²) in [6.45, 7) is 5.05. The number of nitrogen functional groups attached to an aromatic ring is 1. The summed E-state index contributed by atoms with van der Waals surface area (Å²) < 4.78 is 40.1. The molecule has 0 radical (unpaired) electrons. The highest BCUT2D eigenvalue weighted by molar-refractivity contribution is 8.00. The number of benzene rings is 1. The first-order valence-electron chi connectivity index (χ1n) is 6.42. The molecule has 2 N–H and O–H groups in total. The minimum Gasteiger partial charge on any atom is -0.395 e. The maximum absolute atomic E-state index is 13.5. The molecule has 0 unspecified atom stereocenters. The van der Waals surface area contributed by atoms with Crippen molar-refractivity contribution in [3.05, 3.63) is 24.0 Å². The predicted molar refractivity (Wildman–Crippen MR) is 80.7 cm³/mol. The summed E-state index contributed by atoms with van der Waals surface area (Å²) >= 11 is 1.75.